The van der Waals surface area contributed by atoms with Crippen LogP contribution in [0.25, 0.3) is 11.0 Å². The molecule has 1 heterocycles. The number of nitrogens with two attached hydrogens (primary N) is 1. The van der Waals surface area contributed by atoms with E-state index in [1.54, 1.807) is 0 Å². The van der Waals surface area contributed by atoms with Gasteiger partial charge in [0.2, 0.25) is 0 Å². The van der Waals surface area contributed by atoms with E-state index in [1.807, 2.05) is 18.2 Å². The van der Waals surface area contributed by atoms with Crippen molar-refractivity contribution < 1.29 is 0 Å². The highest BCUT2D eigenvalue weighted by Gasteiger charge is 2.13. The van der Waals surface area contributed by atoms with E-state index in [4.69, 9.17) is 22.3 Å². The zero-order valence-corrected chi connectivity index (χ0v) is 13.2. The number of unbranched alkanes of at least 4 members (excludes halogenated alkanes) is 3. The minimum atomic E-state index is 0.400. The molecule has 0 saturated carbocycles. The van der Waals surface area contributed by atoms with Crippen molar-refractivity contribution in [2.45, 2.75) is 52.0 Å². The predicted molar refractivity (Wildman–Crippen MR) is 86.4 cm³/mol. The summed E-state index contributed by atoms with van der Waals surface area (Å²) in [5.41, 5.74) is 7.71. The predicted octanol–water partition coefficient (Wildman–Crippen LogP) is 4.33. The van der Waals surface area contributed by atoms with Crippen molar-refractivity contribution in [3.8, 4) is 0 Å². The second-order valence-corrected chi connectivity index (χ2v) is 6.01. The Hall–Kier alpha value is -1.06. The SMILES string of the molecule is CC(C)n1c(CCCCCCN)nc2ccc(Cl)cc21. The lowest BCUT2D eigenvalue weighted by Crippen LogP contribution is -2.06. The molecule has 1 aromatic carbocycles. The van der Waals surface area contributed by atoms with Gasteiger partial charge in [-0.2, -0.15) is 0 Å². The van der Waals surface area contributed by atoms with Crippen molar-refractivity contribution in [2.24, 2.45) is 5.73 Å². The van der Waals surface area contributed by atoms with Crippen LogP contribution >= 0.6 is 11.6 Å². The summed E-state index contributed by atoms with van der Waals surface area (Å²) >= 11 is 6.11. The summed E-state index contributed by atoms with van der Waals surface area (Å²) in [7, 11) is 0. The van der Waals surface area contributed by atoms with Crippen LogP contribution in [0.4, 0.5) is 0 Å². The summed E-state index contributed by atoms with van der Waals surface area (Å²) < 4.78 is 2.31. The molecule has 3 nitrogen and oxygen atoms in total. The van der Waals surface area contributed by atoms with Gasteiger partial charge in [-0.3, -0.25) is 0 Å². The fourth-order valence-electron chi connectivity index (χ4n) is 2.65. The number of fused-ring (bicyclic) bond motifs is 1. The number of aryl methyl sites for hydroxylation is 1. The van der Waals surface area contributed by atoms with Gasteiger partial charge in [-0.25, -0.2) is 4.98 Å². The van der Waals surface area contributed by atoms with Gasteiger partial charge in [-0.05, 0) is 51.4 Å². The van der Waals surface area contributed by atoms with E-state index in [-0.39, 0.29) is 0 Å². The number of rotatable bonds is 7. The number of hydrogen-bond acceptors (Lipinski definition) is 2. The Balaban J connectivity index is 2.17. The number of benzene rings is 1. The summed E-state index contributed by atoms with van der Waals surface area (Å²) in [6.45, 7) is 5.18. The molecule has 0 unspecified atom stereocenters. The maximum absolute atomic E-state index is 6.11. The smallest absolute Gasteiger partial charge is 0.110 e. The van der Waals surface area contributed by atoms with Gasteiger partial charge in [0.15, 0.2) is 0 Å². The van der Waals surface area contributed by atoms with Crippen molar-refractivity contribution >= 4 is 22.6 Å². The molecule has 20 heavy (non-hydrogen) atoms. The number of halogens is 1. The summed E-state index contributed by atoms with van der Waals surface area (Å²) in [4.78, 5) is 4.77. The molecule has 0 atom stereocenters. The minimum Gasteiger partial charge on any atom is -0.330 e. The van der Waals surface area contributed by atoms with Crippen LogP contribution in [0.2, 0.25) is 5.02 Å². The molecule has 2 aromatic rings. The quantitative estimate of drug-likeness (QED) is 0.772. The molecule has 0 bridgehead atoms. The first-order valence-electron chi connectivity index (χ1n) is 7.50. The molecule has 0 spiro atoms. The van der Waals surface area contributed by atoms with E-state index in [1.165, 1.54) is 25.1 Å². The highest BCUT2D eigenvalue weighted by molar-refractivity contribution is 6.31. The molecule has 0 radical (unpaired) electrons. The van der Waals surface area contributed by atoms with Crippen molar-refractivity contribution in [1.29, 1.82) is 0 Å². The molecule has 0 aliphatic heterocycles. The molecule has 0 amide bonds. The lowest BCUT2D eigenvalue weighted by atomic mass is 10.1. The van der Waals surface area contributed by atoms with Crippen LogP contribution in [0.15, 0.2) is 18.2 Å². The van der Waals surface area contributed by atoms with Gasteiger partial charge in [0.05, 0.1) is 11.0 Å². The van der Waals surface area contributed by atoms with Gasteiger partial charge >= 0.3 is 0 Å². The van der Waals surface area contributed by atoms with Crippen molar-refractivity contribution in [2.75, 3.05) is 6.54 Å². The number of hydrogen-bond donors (Lipinski definition) is 1. The van der Waals surface area contributed by atoms with Crippen molar-refractivity contribution in [3.63, 3.8) is 0 Å². The number of nitrogens with zero attached hydrogens (tertiary/aromatic N) is 2. The zero-order valence-electron chi connectivity index (χ0n) is 12.4. The standard InChI is InChI=1S/C16H24ClN3/c1-12(2)20-15-11-13(17)8-9-14(15)19-16(20)7-5-3-4-6-10-18/h8-9,11-12H,3-7,10,18H2,1-2H3. The molecule has 2 rings (SSSR count). The van der Waals surface area contributed by atoms with Gasteiger partial charge in [0, 0.05) is 17.5 Å². The molecule has 4 heteroatoms. The lowest BCUT2D eigenvalue weighted by molar-refractivity contribution is 0.562. The van der Waals surface area contributed by atoms with E-state index >= 15 is 0 Å². The molecule has 0 aliphatic carbocycles. The Morgan fingerprint density at radius 2 is 1.95 bits per heavy atom. The third-order valence-corrected chi connectivity index (χ3v) is 3.83. The molecule has 0 saturated heterocycles. The normalized spacial score (nSPS) is 11.7. The molecule has 2 N–H and O–H groups in total. The maximum atomic E-state index is 6.11. The zero-order chi connectivity index (χ0) is 14.5. The van der Waals surface area contributed by atoms with Crippen LogP contribution in [-0.2, 0) is 6.42 Å². The highest BCUT2D eigenvalue weighted by Crippen LogP contribution is 2.25. The van der Waals surface area contributed by atoms with E-state index in [9.17, 15) is 0 Å². The molecular formula is C16H24ClN3. The van der Waals surface area contributed by atoms with Crippen molar-refractivity contribution in [3.05, 3.63) is 29.0 Å². The van der Waals surface area contributed by atoms with Gasteiger partial charge in [-0.15, -0.1) is 0 Å². The van der Waals surface area contributed by atoms with Crippen molar-refractivity contribution in [1.82, 2.24) is 9.55 Å². The summed E-state index contributed by atoms with van der Waals surface area (Å²) in [6.07, 6.45) is 5.75. The number of imidazole rings is 1. The lowest BCUT2D eigenvalue weighted by Gasteiger charge is -2.13. The number of aromatic nitrogens is 2. The maximum Gasteiger partial charge on any atom is 0.110 e. The second kappa shape index (κ2) is 7.09. The van der Waals surface area contributed by atoms with Gasteiger partial charge in [-0.1, -0.05) is 24.4 Å². The first kappa shape index (κ1) is 15.3. The third kappa shape index (κ3) is 3.53. The van der Waals surface area contributed by atoms with Gasteiger partial charge in [0.25, 0.3) is 0 Å². The summed E-state index contributed by atoms with van der Waals surface area (Å²) in [5, 5.41) is 0.772. The highest BCUT2D eigenvalue weighted by atomic mass is 35.5. The van der Waals surface area contributed by atoms with Crippen LogP contribution in [-0.4, -0.2) is 16.1 Å². The van der Waals surface area contributed by atoms with Gasteiger partial charge in [0.1, 0.15) is 5.82 Å². The Bertz CT molecular complexity index is 560. The summed E-state index contributed by atoms with van der Waals surface area (Å²) in [5.74, 6) is 1.17. The Labute approximate surface area is 126 Å². The Kier molecular flexibility index (Phi) is 5.44. The third-order valence-electron chi connectivity index (χ3n) is 3.60. The minimum absolute atomic E-state index is 0.400. The van der Waals surface area contributed by atoms with Crippen LogP contribution in [0.3, 0.4) is 0 Å². The van der Waals surface area contributed by atoms with Crippen LogP contribution in [0.5, 0.6) is 0 Å². The largest absolute Gasteiger partial charge is 0.330 e. The first-order valence-corrected chi connectivity index (χ1v) is 7.87. The summed E-state index contributed by atoms with van der Waals surface area (Å²) in [6, 6.07) is 6.33. The Morgan fingerprint density at radius 1 is 1.20 bits per heavy atom. The van der Waals surface area contributed by atoms with Crippen LogP contribution in [0.1, 0.15) is 51.4 Å². The monoisotopic (exact) mass is 293 g/mol. The topological polar surface area (TPSA) is 43.8 Å². The fourth-order valence-corrected chi connectivity index (χ4v) is 2.82. The van der Waals surface area contributed by atoms with E-state index in [0.29, 0.717) is 6.04 Å². The second-order valence-electron chi connectivity index (χ2n) is 5.58. The first-order chi connectivity index (χ1) is 9.63. The van der Waals surface area contributed by atoms with E-state index in [0.717, 1.165) is 35.4 Å². The molecular weight excluding hydrogens is 270 g/mol. The molecule has 1 aromatic heterocycles. The van der Waals surface area contributed by atoms with Gasteiger partial charge < -0.3 is 10.3 Å². The van der Waals surface area contributed by atoms with Crippen LogP contribution < -0.4 is 5.73 Å². The molecule has 0 aliphatic rings. The average molecular weight is 294 g/mol. The van der Waals surface area contributed by atoms with Crippen LogP contribution in [0, 0.1) is 0 Å². The van der Waals surface area contributed by atoms with E-state index < -0.39 is 0 Å². The van der Waals surface area contributed by atoms with E-state index in [2.05, 4.69) is 18.4 Å². The average Bonchev–Trinajstić information content (AvgIpc) is 2.76. The fraction of sp³-hybridized carbons (Fsp3) is 0.562. The Morgan fingerprint density at radius 3 is 2.65 bits per heavy atom. The molecule has 0 fully saturated rings. The molecule has 110 valence electrons.